The number of oxime groups is 1. The van der Waals surface area contributed by atoms with Gasteiger partial charge in [-0.15, -0.1) is 0 Å². The van der Waals surface area contributed by atoms with Crippen LogP contribution in [0, 0.1) is 6.92 Å². The Morgan fingerprint density at radius 3 is 2.45 bits per heavy atom. The van der Waals surface area contributed by atoms with E-state index >= 15 is 0 Å². The van der Waals surface area contributed by atoms with Gasteiger partial charge in [0.1, 0.15) is 6.29 Å². The van der Waals surface area contributed by atoms with E-state index in [0.717, 1.165) is 16.6 Å². The van der Waals surface area contributed by atoms with Gasteiger partial charge in [0, 0.05) is 34.1 Å². The van der Waals surface area contributed by atoms with Crippen LogP contribution in [0.4, 0.5) is 13.2 Å². The minimum atomic E-state index is -4.75. The summed E-state index contributed by atoms with van der Waals surface area (Å²) < 4.78 is 46.8. The van der Waals surface area contributed by atoms with Crippen LogP contribution in [0.2, 0.25) is 10.0 Å². The van der Waals surface area contributed by atoms with E-state index in [4.69, 9.17) is 38.4 Å². The number of rotatable bonds is 4. The predicted molar refractivity (Wildman–Crippen MR) is 140 cm³/mol. The van der Waals surface area contributed by atoms with Crippen LogP contribution in [-0.2, 0) is 28.2 Å². The first-order valence-electron chi connectivity index (χ1n) is 11.4. The maximum atomic E-state index is 13.9. The number of aryl methyl sites for hydroxylation is 1. The fraction of sp³-hybridized carbons (Fsp3) is 0.231. The molecule has 3 aromatic rings. The molecule has 38 heavy (non-hydrogen) atoms. The Bertz CT molecular complexity index is 1380. The normalized spacial score (nSPS) is 18.3. The molecule has 1 atom stereocenters. The van der Waals surface area contributed by atoms with E-state index < -0.39 is 25.3 Å². The van der Waals surface area contributed by atoms with Gasteiger partial charge >= 0.3 is 13.3 Å². The highest BCUT2D eigenvalue weighted by atomic mass is 35.5. The van der Waals surface area contributed by atoms with E-state index in [1.54, 1.807) is 13.0 Å². The summed E-state index contributed by atoms with van der Waals surface area (Å²) in [6, 6.07) is 14.2. The summed E-state index contributed by atoms with van der Waals surface area (Å²) in [5.41, 5.74) is 7.18. The Balaban J connectivity index is 0.000000232. The van der Waals surface area contributed by atoms with Crippen molar-refractivity contribution in [3.63, 3.8) is 0 Å². The van der Waals surface area contributed by atoms with Crippen molar-refractivity contribution in [2.24, 2.45) is 10.9 Å². The third-order valence-electron chi connectivity index (χ3n) is 6.35. The maximum Gasteiger partial charge on any atom is 0.491 e. The lowest BCUT2D eigenvalue weighted by Crippen LogP contribution is -2.42. The van der Waals surface area contributed by atoms with Crippen LogP contribution in [0.3, 0.4) is 0 Å². The minimum absolute atomic E-state index is 0.0688. The van der Waals surface area contributed by atoms with Gasteiger partial charge in [-0.1, -0.05) is 58.7 Å². The average molecular weight is 565 g/mol. The first kappa shape index (κ1) is 28.1. The zero-order valence-electron chi connectivity index (χ0n) is 20.1. The largest absolute Gasteiger partial charge is 0.491 e. The lowest BCUT2D eigenvalue weighted by atomic mass is 9.79. The van der Waals surface area contributed by atoms with E-state index in [1.165, 1.54) is 30.3 Å². The number of halogens is 5. The zero-order chi connectivity index (χ0) is 27.7. The third-order valence-corrected chi connectivity index (χ3v) is 6.79. The summed E-state index contributed by atoms with van der Waals surface area (Å²) in [6.45, 7) is 2.69. The van der Waals surface area contributed by atoms with Gasteiger partial charge in [-0.05, 0) is 58.9 Å². The van der Waals surface area contributed by atoms with Gasteiger partial charge in [-0.3, -0.25) is 4.79 Å². The molecule has 0 aliphatic carbocycles. The molecule has 3 aromatic carbocycles. The van der Waals surface area contributed by atoms with Crippen LogP contribution in [0.1, 0.15) is 44.6 Å². The molecule has 0 spiro atoms. The van der Waals surface area contributed by atoms with Crippen LogP contribution < -0.4 is 11.2 Å². The van der Waals surface area contributed by atoms with Crippen molar-refractivity contribution in [1.82, 2.24) is 0 Å². The van der Waals surface area contributed by atoms with Crippen molar-refractivity contribution in [3.8, 4) is 0 Å². The Morgan fingerprint density at radius 1 is 1.13 bits per heavy atom. The van der Waals surface area contributed by atoms with E-state index in [-0.39, 0.29) is 21.3 Å². The molecule has 1 unspecified atom stereocenters. The number of carbonyl (C=O) groups excluding carboxylic acids is 1. The van der Waals surface area contributed by atoms with Crippen LogP contribution in [0.5, 0.6) is 0 Å². The van der Waals surface area contributed by atoms with Crippen LogP contribution in [0.15, 0.2) is 59.8 Å². The van der Waals surface area contributed by atoms with Gasteiger partial charge in [0.25, 0.3) is 5.60 Å². The molecule has 2 aliphatic heterocycles. The van der Waals surface area contributed by atoms with Crippen molar-refractivity contribution in [3.05, 3.63) is 98.0 Å². The number of nitrogens with zero attached hydrogens (tertiary/aromatic N) is 1. The zero-order valence-corrected chi connectivity index (χ0v) is 21.6. The van der Waals surface area contributed by atoms with E-state index in [0.29, 0.717) is 36.1 Å². The van der Waals surface area contributed by atoms with Gasteiger partial charge in [0.05, 0.1) is 12.3 Å². The van der Waals surface area contributed by atoms with Crippen molar-refractivity contribution >= 4 is 47.8 Å². The second-order valence-corrected chi connectivity index (χ2v) is 9.75. The van der Waals surface area contributed by atoms with Crippen molar-refractivity contribution < 1.29 is 32.5 Å². The Labute approximate surface area is 227 Å². The quantitative estimate of drug-likeness (QED) is 0.341. The van der Waals surface area contributed by atoms with Gasteiger partial charge in [-0.2, -0.15) is 13.2 Å². The third kappa shape index (κ3) is 5.60. The molecule has 0 fully saturated rings. The van der Waals surface area contributed by atoms with Gasteiger partial charge in [0.15, 0.2) is 0 Å². The molecule has 2 aliphatic rings. The molecule has 0 saturated heterocycles. The van der Waals surface area contributed by atoms with E-state index in [9.17, 15) is 23.0 Å². The monoisotopic (exact) mass is 564 g/mol. The minimum Gasteiger partial charge on any atom is -0.423 e. The summed E-state index contributed by atoms with van der Waals surface area (Å²) in [7, 11) is -0.758. The van der Waals surface area contributed by atoms with Crippen molar-refractivity contribution in [1.29, 1.82) is 0 Å². The van der Waals surface area contributed by atoms with Crippen LogP contribution in [-0.4, -0.2) is 30.3 Å². The Morgan fingerprint density at radius 2 is 1.84 bits per heavy atom. The standard InChI is InChI=1S/C18H12Cl2F3NO2.C8H10BNO2/c1-10-4-11(2-3-12(10)9-25)16-8-17(26-24-16,18(21,22)23)13-5-14(19)7-15(20)6-13;10-4-6-1-2-7-5-12-9(11)8(7)3-6/h2-7,9H,8H2,1H3;1-3,11H,4-5,10H2. The molecule has 5 rings (SSSR count). The average Bonchev–Trinajstić information content (AvgIpc) is 3.49. The number of alkyl halides is 3. The fourth-order valence-corrected chi connectivity index (χ4v) is 4.75. The second kappa shape index (κ2) is 11.1. The molecule has 0 radical (unpaired) electrons. The number of fused-ring (bicyclic) bond motifs is 1. The summed E-state index contributed by atoms with van der Waals surface area (Å²) in [5.74, 6) is 0. The smallest absolute Gasteiger partial charge is 0.423 e. The number of hydrogen-bond acceptors (Lipinski definition) is 6. The topological polar surface area (TPSA) is 94.1 Å². The number of hydrogen-bond donors (Lipinski definition) is 2. The molecular weight excluding hydrogens is 543 g/mol. The lowest BCUT2D eigenvalue weighted by molar-refractivity contribution is -0.275. The van der Waals surface area contributed by atoms with Gasteiger partial charge in [-0.25, -0.2) is 0 Å². The lowest BCUT2D eigenvalue weighted by Gasteiger charge is -2.29. The highest BCUT2D eigenvalue weighted by Gasteiger charge is 2.62. The molecule has 0 amide bonds. The Hall–Kier alpha value is -2.89. The van der Waals surface area contributed by atoms with Crippen molar-refractivity contribution in [2.75, 3.05) is 0 Å². The van der Waals surface area contributed by atoms with Crippen LogP contribution >= 0.6 is 23.2 Å². The van der Waals surface area contributed by atoms with Crippen LogP contribution in [0.25, 0.3) is 0 Å². The first-order valence-corrected chi connectivity index (χ1v) is 12.2. The number of carbonyl (C=O) groups is 1. The second-order valence-electron chi connectivity index (χ2n) is 8.88. The van der Waals surface area contributed by atoms with E-state index in [1.807, 2.05) is 18.2 Å². The maximum absolute atomic E-state index is 13.9. The molecule has 6 nitrogen and oxygen atoms in total. The molecule has 198 valence electrons. The predicted octanol–water partition coefficient (Wildman–Crippen LogP) is 5.06. The van der Waals surface area contributed by atoms with Crippen molar-refractivity contribution in [2.45, 2.75) is 38.3 Å². The molecule has 12 heteroatoms. The summed E-state index contributed by atoms with van der Waals surface area (Å²) in [4.78, 5) is 15.9. The number of benzene rings is 3. The summed E-state index contributed by atoms with van der Waals surface area (Å²) in [5, 5.41) is 13.2. The molecule has 2 heterocycles. The molecule has 0 aromatic heterocycles. The molecule has 0 saturated carbocycles. The molecule has 0 bridgehead atoms. The molecule has 3 N–H and O–H groups in total. The Kier molecular flexibility index (Phi) is 8.20. The summed E-state index contributed by atoms with van der Waals surface area (Å²) in [6.07, 6.45) is -4.60. The number of aldehydes is 1. The molecular formula is C26H22BCl2F3N2O4. The van der Waals surface area contributed by atoms with Gasteiger partial charge < -0.3 is 20.2 Å². The summed E-state index contributed by atoms with van der Waals surface area (Å²) >= 11 is 11.7. The fourth-order valence-electron chi connectivity index (χ4n) is 4.22. The number of nitrogens with two attached hydrogens (primary N) is 1. The van der Waals surface area contributed by atoms with E-state index in [2.05, 4.69) is 5.16 Å². The van der Waals surface area contributed by atoms with Gasteiger partial charge in [0.2, 0.25) is 0 Å². The highest BCUT2D eigenvalue weighted by molar-refractivity contribution is 6.61. The first-order chi connectivity index (χ1) is 18.0. The SMILES string of the molecule is Cc1cc(C2=NOC(c3cc(Cl)cc(Cl)c3)(C(F)(F)F)C2)ccc1C=O.NCc1ccc2c(c1)B(O)OC2. The highest BCUT2D eigenvalue weighted by Crippen LogP contribution is 2.49.